The normalized spacial score (nSPS) is 17.9. The number of aliphatic hydroxyl groups excluding tert-OH is 1. The van der Waals surface area contributed by atoms with Crippen molar-refractivity contribution in [2.75, 3.05) is 30.0 Å². The Morgan fingerprint density at radius 2 is 2.28 bits per heavy atom. The van der Waals surface area contributed by atoms with Crippen LogP contribution in [0.2, 0.25) is 0 Å². The largest absolute Gasteiger partial charge is 0.391 e. The van der Waals surface area contributed by atoms with E-state index in [1.165, 1.54) is 0 Å². The Balaban J connectivity index is 1.66. The van der Waals surface area contributed by atoms with Gasteiger partial charge in [0.05, 0.1) is 6.10 Å². The molecule has 0 radical (unpaired) electrons. The Morgan fingerprint density at radius 3 is 3.03 bits per heavy atom. The molecule has 0 aromatic carbocycles. The molecule has 2 unspecified atom stereocenters. The summed E-state index contributed by atoms with van der Waals surface area (Å²) in [6, 6.07) is 2.07. The van der Waals surface area contributed by atoms with Crippen LogP contribution in [0.3, 0.4) is 0 Å². The van der Waals surface area contributed by atoms with Crippen LogP contribution in [0.15, 0.2) is 24.8 Å². The van der Waals surface area contributed by atoms with E-state index in [0.29, 0.717) is 25.3 Å². The van der Waals surface area contributed by atoms with Crippen molar-refractivity contribution in [1.29, 1.82) is 0 Å². The maximum atomic E-state index is 12.5. The van der Waals surface area contributed by atoms with Gasteiger partial charge in [0.2, 0.25) is 11.9 Å². The molecule has 1 saturated heterocycles. The number of rotatable bonds is 9. The van der Waals surface area contributed by atoms with E-state index in [2.05, 4.69) is 20.2 Å². The van der Waals surface area contributed by atoms with Crippen LogP contribution in [0, 0.1) is 6.92 Å². The van der Waals surface area contributed by atoms with Crippen molar-refractivity contribution < 1.29 is 9.90 Å². The van der Waals surface area contributed by atoms with Crippen LogP contribution in [0.4, 0.5) is 5.82 Å². The Labute approximate surface area is 176 Å². The van der Waals surface area contributed by atoms with Crippen LogP contribution in [-0.2, 0) is 4.79 Å². The first kappa shape index (κ1) is 21.6. The van der Waals surface area contributed by atoms with E-state index >= 15 is 0 Å². The predicted molar refractivity (Wildman–Crippen MR) is 116 cm³/mol. The van der Waals surface area contributed by atoms with Crippen LogP contribution < -0.4 is 10.2 Å². The van der Waals surface area contributed by atoms with Crippen LogP contribution in [-0.4, -0.2) is 67.8 Å². The van der Waals surface area contributed by atoms with Crippen molar-refractivity contribution in [3.05, 3.63) is 30.5 Å². The predicted octanol–water partition coefficient (Wildman–Crippen LogP) is 1.95. The van der Waals surface area contributed by atoms with Crippen molar-refractivity contribution in [3.8, 4) is 5.95 Å². The molecule has 3 heterocycles. The SMILES string of the molecule is CSCCC(O)CNC(=O)CC1CCCCN1c1cc(C)nc(-n2ccnc2)n1. The number of aliphatic hydroxyl groups is 1. The number of anilines is 1. The second-order valence-corrected chi connectivity index (χ2v) is 8.41. The summed E-state index contributed by atoms with van der Waals surface area (Å²) in [5, 5.41) is 12.8. The van der Waals surface area contributed by atoms with Crippen molar-refractivity contribution in [1.82, 2.24) is 24.8 Å². The van der Waals surface area contributed by atoms with Crippen molar-refractivity contribution in [2.24, 2.45) is 0 Å². The number of aryl methyl sites for hydroxylation is 1. The van der Waals surface area contributed by atoms with E-state index in [1.54, 1.807) is 28.9 Å². The molecule has 0 spiro atoms. The van der Waals surface area contributed by atoms with Crippen LogP contribution in [0.1, 0.15) is 37.8 Å². The molecule has 0 saturated carbocycles. The molecule has 2 N–H and O–H groups in total. The van der Waals surface area contributed by atoms with Crippen molar-refractivity contribution in [3.63, 3.8) is 0 Å². The highest BCUT2D eigenvalue weighted by molar-refractivity contribution is 7.98. The molecular formula is C20H30N6O2S. The molecule has 29 heavy (non-hydrogen) atoms. The van der Waals surface area contributed by atoms with Gasteiger partial charge in [-0.05, 0) is 44.6 Å². The van der Waals surface area contributed by atoms with Crippen LogP contribution in [0.5, 0.6) is 0 Å². The molecule has 0 aliphatic carbocycles. The van der Waals surface area contributed by atoms with Gasteiger partial charge >= 0.3 is 0 Å². The first-order valence-electron chi connectivity index (χ1n) is 10.1. The highest BCUT2D eigenvalue weighted by Crippen LogP contribution is 2.26. The lowest BCUT2D eigenvalue weighted by atomic mass is 9.99. The van der Waals surface area contributed by atoms with Crippen LogP contribution in [0.25, 0.3) is 5.95 Å². The van der Waals surface area contributed by atoms with Gasteiger partial charge in [0.15, 0.2) is 0 Å². The van der Waals surface area contributed by atoms with Gasteiger partial charge in [-0.3, -0.25) is 9.36 Å². The van der Waals surface area contributed by atoms with E-state index in [4.69, 9.17) is 4.98 Å². The molecule has 1 aliphatic rings. The minimum atomic E-state index is -0.490. The van der Waals surface area contributed by atoms with Gasteiger partial charge in [-0.15, -0.1) is 0 Å². The van der Waals surface area contributed by atoms with E-state index in [1.807, 2.05) is 25.4 Å². The first-order chi connectivity index (χ1) is 14.1. The summed E-state index contributed by atoms with van der Waals surface area (Å²) in [7, 11) is 0. The Morgan fingerprint density at radius 1 is 1.41 bits per heavy atom. The number of nitrogens with one attached hydrogen (secondary N) is 1. The minimum Gasteiger partial charge on any atom is -0.391 e. The number of hydrogen-bond donors (Lipinski definition) is 2. The molecule has 1 fully saturated rings. The third-order valence-electron chi connectivity index (χ3n) is 5.10. The molecule has 2 aromatic rings. The summed E-state index contributed by atoms with van der Waals surface area (Å²) in [4.78, 5) is 28.0. The van der Waals surface area contributed by atoms with Crippen molar-refractivity contribution >= 4 is 23.5 Å². The number of aromatic nitrogens is 4. The molecule has 2 atom stereocenters. The highest BCUT2D eigenvalue weighted by atomic mass is 32.2. The zero-order valence-electron chi connectivity index (χ0n) is 17.1. The topological polar surface area (TPSA) is 96.2 Å². The summed E-state index contributed by atoms with van der Waals surface area (Å²) < 4.78 is 1.79. The molecule has 2 aromatic heterocycles. The number of nitrogens with zero attached hydrogens (tertiary/aromatic N) is 5. The standard InChI is InChI=1S/C20H30N6O2S/c1-15-11-18(24-20(23-15)25-9-7-21-14-25)26-8-4-3-5-16(26)12-19(28)22-13-17(27)6-10-29-2/h7,9,11,14,16-17,27H,3-6,8,10,12-13H2,1-2H3,(H,22,28). The highest BCUT2D eigenvalue weighted by Gasteiger charge is 2.26. The number of carbonyl (C=O) groups excluding carboxylic acids is 1. The lowest BCUT2D eigenvalue weighted by Crippen LogP contribution is -2.44. The third-order valence-corrected chi connectivity index (χ3v) is 5.74. The number of amides is 1. The van der Waals surface area contributed by atoms with E-state index in [-0.39, 0.29) is 11.9 Å². The maximum absolute atomic E-state index is 12.5. The molecule has 158 valence electrons. The zero-order valence-corrected chi connectivity index (χ0v) is 17.9. The molecular weight excluding hydrogens is 388 g/mol. The summed E-state index contributed by atoms with van der Waals surface area (Å²) in [6.07, 6.45) is 10.9. The van der Waals surface area contributed by atoms with Crippen LogP contribution >= 0.6 is 11.8 Å². The molecule has 9 heteroatoms. The fraction of sp³-hybridized carbons (Fsp3) is 0.600. The van der Waals surface area contributed by atoms with E-state index < -0.39 is 6.10 Å². The fourth-order valence-electron chi connectivity index (χ4n) is 3.56. The summed E-state index contributed by atoms with van der Waals surface area (Å²) in [5.41, 5.74) is 0.879. The van der Waals surface area contributed by atoms with Gasteiger partial charge in [0.1, 0.15) is 12.1 Å². The minimum absolute atomic E-state index is 0.0225. The zero-order chi connectivity index (χ0) is 20.6. The summed E-state index contributed by atoms with van der Waals surface area (Å²) >= 11 is 1.69. The third kappa shape index (κ3) is 6.17. The summed E-state index contributed by atoms with van der Waals surface area (Å²) in [5.74, 6) is 2.30. The Hall–Kier alpha value is -2.13. The maximum Gasteiger partial charge on any atom is 0.237 e. The number of thioether (sulfide) groups is 1. The second kappa shape index (κ2) is 10.6. The number of carbonyl (C=O) groups is 1. The van der Waals surface area contributed by atoms with Gasteiger partial charge in [-0.1, -0.05) is 0 Å². The average molecular weight is 419 g/mol. The molecule has 8 nitrogen and oxygen atoms in total. The van der Waals surface area contributed by atoms with Gasteiger partial charge in [-0.2, -0.15) is 16.7 Å². The quantitative estimate of drug-likeness (QED) is 0.642. The number of piperidine rings is 1. The molecule has 3 rings (SSSR count). The monoisotopic (exact) mass is 418 g/mol. The molecule has 1 amide bonds. The fourth-order valence-corrected chi connectivity index (χ4v) is 4.07. The summed E-state index contributed by atoms with van der Waals surface area (Å²) in [6.45, 7) is 3.13. The second-order valence-electron chi connectivity index (χ2n) is 7.42. The van der Waals surface area contributed by atoms with Gasteiger partial charge in [0, 0.05) is 49.7 Å². The number of imidazole rings is 1. The first-order valence-corrected chi connectivity index (χ1v) is 11.5. The average Bonchev–Trinajstić information content (AvgIpc) is 3.25. The van der Waals surface area contributed by atoms with E-state index in [0.717, 1.165) is 43.1 Å². The lowest BCUT2D eigenvalue weighted by molar-refractivity contribution is -0.122. The Bertz CT molecular complexity index is 785. The lowest BCUT2D eigenvalue weighted by Gasteiger charge is -2.36. The van der Waals surface area contributed by atoms with Gasteiger partial charge in [0.25, 0.3) is 0 Å². The Kier molecular flexibility index (Phi) is 7.88. The van der Waals surface area contributed by atoms with E-state index in [9.17, 15) is 9.90 Å². The molecule has 1 aliphatic heterocycles. The van der Waals surface area contributed by atoms with Gasteiger partial charge < -0.3 is 15.3 Å². The number of hydrogen-bond acceptors (Lipinski definition) is 7. The smallest absolute Gasteiger partial charge is 0.237 e. The van der Waals surface area contributed by atoms with Gasteiger partial charge in [-0.25, -0.2) is 9.97 Å². The molecule has 0 bridgehead atoms. The van der Waals surface area contributed by atoms with Crippen molar-refractivity contribution in [2.45, 2.75) is 51.2 Å².